The number of nitrogens with zero attached hydrogens (tertiary/aromatic N) is 1. The quantitative estimate of drug-likeness (QED) is 0.369. The van der Waals surface area contributed by atoms with Crippen molar-refractivity contribution in [2.45, 2.75) is 18.7 Å². The van der Waals surface area contributed by atoms with Gasteiger partial charge in [0, 0.05) is 10.5 Å². The Labute approximate surface area is 154 Å². The zero-order valence-electron chi connectivity index (χ0n) is 14.5. The minimum absolute atomic E-state index is 0.964. The molecule has 3 rings (SSSR count). The second kappa shape index (κ2) is 8.50. The van der Waals surface area contributed by atoms with E-state index in [4.69, 9.17) is 4.99 Å². The van der Waals surface area contributed by atoms with Crippen molar-refractivity contribution in [2.75, 3.05) is 0 Å². The summed E-state index contributed by atoms with van der Waals surface area (Å²) < 4.78 is 0. The Kier molecular flexibility index (Phi) is 5.86. The van der Waals surface area contributed by atoms with Crippen LogP contribution in [0.1, 0.15) is 16.7 Å². The molecule has 3 aromatic rings. The number of hydrogen-bond donors (Lipinski definition) is 0. The fourth-order valence-electron chi connectivity index (χ4n) is 2.55. The Hall–Kier alpha value is -2.58. The van der Waals surface area contributed by atoms with Gasteiger partial charge in [-0.15, -0.1) is 0 Å². The minimum Gasteiger partial charge on any atom is -0.248 e. The number of aliphatic imine (C=N–C) groups is 1. The van der Waals surface area contributed by atoms with E-state index >= 15 is 0 Å². The molecular formula is C23H21NS. The highest BCUT2D eigenvalue weighted by molar-refractivity contribution is 8.02. The summed E-state index contributed by atoms with van der Waals surface area (Å²) in [6.45, 7) is 4.26. The Balaban J connectivity index is 1.92. The van der Waals surface area contributed by atoms with E-state index < -0.39 is 0 Å². The molecule has 3 aromatic carbocycles. The van der Waals surface area contributed by atoms with Crippen LogP contribution in [0.5, 0.6) is 0 Å². The third-order valence-electron chi connectivity index (χ3n) is 3.94. The van der Waals surface area contributed by atoms with Gasteiger partial charge in [-0.25, -0.2) is 4.99 Å². The van der Waals surface area contributed by atoms with Gasteiger partial charge in [-0.2, -0.15) is 0 Å². The van der Waals surface area contributed by atoms with Gasteiger partial charge in [0.15, 0.2) is 0 Å². The molecule has 0 atom stereocenters. The highest BCUT2D eigenvalue weighted by Gasteiger charge is 2.04. The molecular weight excluding hydrogens is 322 g/mol. The van der Waals surface area contributed by atoms with Crippen LogP contribution in [0.4, 0.5) is 5.69 Å². The zero-order chi connectivity index (χ0) is 17.5. The van der Waals surface area contributed by atoms with Crippen molar-refractivity contribution in [3.63, 3.8) is 0 Å². The minimum atomic E-state index is 0.964. The predicted molar refractivity (Wildman–Crippen MR) is 110 cm³/mol. The standard InChI is InChI=1S/C23H21NS/c1-18-10-6-8-14-21(18)22(24-20-12-4-3-5-13-20)16-17-25-23-15-9-7-11-19(23)2/h3-17H,1-2H3. The monoisotopic (exact) mass is 343 g/mol. The van der Waals surface area contributed by atoms with Crippen LogP contribution in [-0.2, 0) is 0 Å². The molecule has 0 radical (unpaired) electrons. The van der Waals surface area contributed by atoms with Gasteiger partial charge in [-0.3, -0.25) is 0 Å². The van der Waals surface area contributed by atoms with Crippen molar-refractivity contribution in [1.82, 2.24) is 0 Å². The van der Waals surface area contributed by atoms with Gasteiger partial charge in [-0.05, 0) is 54.7 Å². The molecule has 0 saturated heterocycles. The molecule has 0 spiro atoms. The lowest BCUT2D eigenvalue weighted by Crippen LogP contribution is -1.99. The first-order valence-electron chi connectivity index (χ1n) is 8.32. The number of benzene rings is 3. The molecule has 2 heteroatoms. The van der Waals surface area contributed by atoms with Crippen LogP contribution < -0.4 is 0 Å². The van der Waals surface area contributed by atoms with Gasteiger partial charge in [0.25, 0.3) is 0 Å². The predicted octanol–water partition coefficient (Wildman–Crippen LogP) is 6.73. The lowest BCUT2D eigenvalue weighted by atomic mass is 10.0. The van der Waals surface area contributed by atoms with E-state index in [9.17, 15) is 0 Å². The number of rotatable bonds is 5. The maximum atomic E-state index is 4.86. The fraction of sp³-hybridized carbons (Fsp3) is 0.0870. The third kappa shape index (κ3) is 4.71. The van der Waals surface area contributed by atoms with Gasteiger partial charge in [0.1, 0.15) is 0 Å². The van der Waals surface area contributed by atoms with E-state index in [1.54, 1.807) is 11.8 Å². The molecule has 0 fully saturated rings. The molecule has 0 aliphatic rings. The van der Waals surface area contributed by atoms with E-state index in [0.29, 0.717) is 0 Å². The number of hydrogen-bond acceptors (Lipinski definition) is 2. The van der Waals surface area contributed by atoms with Crippen LogP contribution in [0, 0.1) is 13.8 Å². The van der Waals surface area contributed by atoms with E-state index in [0.717, 1.165) is 17.0 Å². The smallest absolute Gasteiger partial charge is 0.0717 e. The maximum Gasteiger partial charge on any atom is 0.0717 e. The average Bonchev–Trinajstić information content (AvgIpc) is 2.64. The molecule has 0 unspecified atom stereocenters. The van der Waals surface area contributed by atoms with Crippen LogP contribution in [0.3, 0.4) is 0 Å². The van der Waals surface area contributed by atoms with Crippen molar-refractivity contribution < 1.29 is 0 Å². The molecule has 0 bridgehead atoms. The summed E-state index contributed by atoms with van der Waals surface area (Å²) in [5.74, 6) is 0. The van der Waals surface area contributed by atoms with E-state index in [1.807, 2.05) is 30.3 Å². The van der Waals surface area contributed by atoms with Gasteiger partial charge in [-0.1, -0.05) is 72.4 Å². The third-order valence-corrected chi connectivity index (χ3v) is 4.93. The lowest BCUT2D eigenvalue weighted by molar-refractivity contribution is 1.31. The highest BCUT2D eigenvalue weighted by Crippen LogP contribution is 2.24. The maximum absolute atomic E-state index is 4.86. The fourth-order valence-corrected chi connectivity index (χ4v) is 3.30. The summed E-state index contributed by atoms with van der Waals surface area (Å²) >= 11 is 1.73. The SMILES string of the molecule is Cc1ccccc1SC=CC(=Nc1ccccc1)c1ccccc1C. The van der Waals surface area contributed by atoms with Crippen molar-refractivity contribution >= 4 is 23.2 Å². The van der Waals surface area contributed by atoms with Gasteiger partial charge < -0.3 is 0 Å². The first-order valence-corrected chi connectivity index (χ1v) is 9.20. The largest absolute Gasteiger partial charge is 0.248 e. The van der Waals surface area contributed by atoms with Crippen LogP contribution in [0.25, 0.3) is 0 Å². The van der Waals surface area contributed by atoms with Crippen LogP contribution in [-0.4, -0.2) is 5.71 Å². The second-order valence-corrected chi connectivity index (χ2v) is 6.78. The topological polar surface area (TPSA) is 12.4 Å². The van der Waals surface area contributed by atoms with Crippen LogP contribution >= 0.6 is 11.8 Å². The molecule has 124 valence electrons. The Morgan fingerprint density at radius 1 is 0.760 bits per heavy atom. The molecule has 0 saturated carbocycles. The molecule has 0 N–H and O–H groups in total. The Bertz CT molecular complexity index is 895. The molecule has 0 aliphatic heterocycles. The zero-order valence-corrected chi connectivity index (χ0v) is 15.3. The lowest BCUT2D eigenvalue weighted by Gasteiger charge is -2.07. The van der Waals surface area contributed by atoms with E-state index in [-0.39, 0.29) is 0 Å². The molecule has 1 nitrogen and oxygen atoms in total. The average molecular weight is 343 g/mol. The Morgan fingerprint density at radius 2 is 1.40 bits per heavy atom. The van der Waals surface area contributed by atoms with Crippen molar-refractivity contribution in [1.29, 1.82) is 0 Å². The van der Waals surface area contributed by atoms with Crippen molar-refractivity contribution in [3.8, 4) is 0 Å². The van der Waals surface area contributed by atoms with Crippen LogP contribution in [0.15, 0.2) is 100 Å². The van der Waals surface area contributed by atoms with Gasteiger partial charge >= 0.3 is 0 Å². The molecule has 0 aromatic heterocycles. The van der Waals surface area contributed by atoms with E-state index in [1.165, 1.54) is 16.0 Å². The molecule has 0 aliphatic carbocycles. The van der Waals surface area contributed by atoms with Gasteiger partial charge in [0.2, 0.25) is 0 Å². The molecule has 0 heterocycles. The number of thioether (sulfide) groups is 1. The molecule has 0 amide bonds. The summed E-state index contributed by atoms with van der Waals surface area (Å²) in [7, 11) is 0. The first kappa shape index (κ1) is 17.2. The van der Waals surface area contributed by atoms with Crippen LogP contribution in [0.2, 0.25) is 0 Å². The summed E-state index contributed by atoms with van der Waals surface area (Å²) in [5, 5.41) is 2.12. The van der Waals surface area contributed by atoms with E-state index in [2.05, 4.69) is 73.9 Å². The second-order valence-electron chi connectivity index (χ2n) is 5.83. The summed E-state index contributed by atoms with van der Waals surface area (Å²) in [5.41, 5.74) is 5.61. The molecule has 25 heavy (non-hydrogen) atoms. The number of allylic oxidation sites excluding steroid dienone is 1. The summed E-state index contributed by atoms with van der Waals surface area (Å²) in [4.78, 5) is 6.13. The van der Waals surface area contributed by atoms with Crippen molar-refractivity contribution in [2.24, 2.45) is 4.99 Å². The summed E-state index contributed by atoms with van der Waals surface area (Å²) in [6, 6.07) is 26.9. The normalized spacial score (nSPS) is 11.8. The Morgan fingerprint density at radius 3 is 2.12 bits per heavy atom. The highest BCUT2D eigenvalue weighted by atomic mass is 32.2. The summed E-state index contributed by atoms with van der Waals surface area (Å²) in [6.07, 6.45) is 2.10. The first-order chi connectivity index (χ1) is 12.2. The van der Waals surface area contributed by atoms with Crippen molar-refractivity contribution in [3.05, 3.63) is 107 Å². The number of para-hydroxylation sites is 1. The van der Waals surface area contributed by atoms with Gasteiger partial charge in [0.05, 0.1) is 11.4 Å². The number of aryl methyl sites for hydroxylation is 2.